The summed E-state index contributed by atoms with van der Waals surface area (Å²) in [5.74, 6) is 0. The number of benzene rings is 2. The summed E-state index contributed by atoms with van der Waals surface area (Å²) in [6.07, 6.45) is 2.48. The summed E-state index contributed by atoms with van der Waals surface area (Å²) in [4.78, 5) is 4.80. The lowest BCUT2D eigenvalue weighted by Gasteiger charge is -2.24. The van der Waals surface area contributed by atoms with Crippen molar-refractivity contribution in [2.75, 3.05) is 62.4 Å². The summed E-state index contributed by atoms with van der Waals surface area (Å²) in [6.45, 7) is 7.35. The van der Waals surface area contributed by atoms with E-state index in [4.69, 9.17) is 18.9 Å². The van der Waals surface area contributed by atoms with Gasteiger partial charge in [0.15, 0.2) is 0 Å². The minimum atomic E-state index is 0.384. The molecular weight excluding hydrogens is 392 g/mol. The van der Waals surface area contributed by atoms with Gasteiger partial charge in [0.2, 0.25) is 0 Å². The second-order valence-corrected chi connectivity index (χ2v) is 9.14. The molecule has 4 heterocycles. The highest BCUT2D eigenvalue weighted by molar-refractivity contribution is 5.51. The standard InChI is InChI=1S/C25H30N2O4/c1-5-20(26(10-22-14-28-22)11-23-15-29-23)6-2-18(1)9-19-3-7-21(8-4-19)27(12-24-16-30-24)13-25-17-31-25/h1-8,22-25H,9-17H2. The zero-order valence-electron chi connectivity index (χ0n) is 17.8. The molecule has 4 saturated heterocycles. The molecule has 4 aliphatic rings. The Balaban J connectivity index is 1.08. The summed E-state index contributed by atoms with van der Waals surface area (Å²) < 4.78 is 21.8. The molecule has 0 spiro atoms. The zero-order valence-corrected chi connectivity index (χ0v) is 17.8. The molecule has 4 atom stereocenters. The van der Waals surface area contributed by atoms with Crippen molar-refractivity contribution in [3.05, 3.63) is 59.7 Å². The molecule has 0 aliphatic carbocycles. The van der Waals surface area contributed by atoms with Crippen LogP contribution in [-0.4, -0.2) is 77.0 Å². The molecule has 31 heavy (non-hydrogen) atoms. The van der Waals surface area contributed by atoms with Crippen LogP contribution in [0.1, 0.15) is 11.1 Å². The van der Waals surface area contributed by atoms with Crippen molar-refractivity contribution in [3.63, 3.8) is 0 Å². The monoisotopic (exact) mass is 422 g/mol. The smallest absolute Gasteiger partial charge is 0.0984 e. The van der Waals surface area contributed by atoms with Gasteiger partial charge in [0, 0.05) is 37.6 Å². The topological polar surface area (TPSA) is 56.6 Å². The Morgan fingerprint density at radius 1 is 0.516 bits per heavy atom. The van der Waals surface area contributed by atoms with Crippen LogP contribution < -0.4 is 9.80 Å². The Bertz CT molecular complexity index is 770. The minimum absolute atomic E-state index is 0.384. The van der Waals surface area contributed by atoms with Gasteiger partial charge in [-0.15, -0.1) is 0 Å². The van der Waals surface area contributed by atoms with E-state index >= 15 is 0 Å². The molecule has 0 radical (unpaired) electrons. The van der Waals surface area contributed by atoms with Gasteiger partial charge in [0.05, 0.1) is 50.8 Å². The SMILES string of the molecule is c1cc(N(CC2CO2)CC2CO2)ccc1Cc1ccc(N(CC2CO2)CC2CO2)cc1. The lowest BCUT2D eigenvalue weighted by atomic mass is 10.0. The van der Waals surface area contributed by atoms with Crippen LogP contribution in [-0.2, 0) is 25.4 Å². The van der Waals surface area contributed by atoms with Crippen LogP contribution in [0.3, 0.4) is 0 Å². The number of rotatable bonds is 12. The first-order valence-electron chi connectivity index (χ1n) is 11.4. The van der Waals surface area contributed by atoms with Crippen molar-refractivity contribution in [1.29, 1.82) is 0 Å². The van der Waals surface area contributed by atoms with E-state index in [1.807, 2.05) is 0 Å². The van der Waals surface area contributed by atoms with Gasteiger partial charge in [0.25, 0.3) is 0 Å². The molecule has 2 aromatic rings. The molecule has 4 unspecified atom stereocenters. The Kier molecular flexibility index (Phi) is 5.32. The molecule has 0 bridgehead atoms. The van der Waals surface area contributed by atoms with Crippen LogP contribution in [0, 0.1) is 0 Å². The third-order valence-electron chi connectivity index (χ3n) is 6.32. The highest BCUT2D eigenvalue weighted by Crippen LogP contribution is 2.25. The van der Waals surface area contributed by atoms with E-state index in [-0.39, 0.29) is 0 Å². The molecule has 0 amide bonds. The number of epoxide rings is 4. The molecule has 6 nitrogen and oxygen atoms in total. The average Bonchev–Trinajstić information content (AvgIpc) is 3.63. The normalized spacial score (nSPS) is 27.6. The zero-order chi connectivity index (χ0) is 20.6. The molecule has 0 saturated carbocycles. The third-order valence-corrected chi connectivity index (χ3v) is 6.32. The molecule has 6 rings (SSSR count). The Labute approximate surface area is 183 Å². The molecule has 164 valence electrons. The predicted octanol–water partition coefficient (Wildman–Crippen LogP) is 2.49. The largest absolute Gasteiger partial charge is 0.371 e. The molecule has 4 aliphatic heterocycles. The summed E-state index contributed by atoms with van der Waals surface area (Å²) >= 11 is 0. The van der Waals surface area contributed by atoms with E-state index in [0.717, 1.165) is 59.0 Å². The van der Waals surface area contributed by atoms with Gasteiger partial charge in [-0.2, -0.15) is 0 Å². The summed E-state index contributed by atoms with van der Waals surface area (Å²) in [7, 11) is 0. The summed E-state index contributed by atoms with van der Waals surface area (Å²) in [5.41, 5.74) is 5.17. The Morgan fingerprint density at radius 3 is 1.06 bits per heavy atom. The van der Waals surface area contributed by atoms with Crippen molar-refractivity contribution in [1.82, 2.24) is 0 Å². The maximum atomic E-state index is 5.44. The second kappa shape index (κ2) is 8.43. The van der Waals surface area contributed by atoms with Gasteiger partial charge in [-0.3, -0.25) is 0 Å². The van der Waals surface area contributed by atoms with Gasteiger partial charge in [-0.25, -0.2) is 0 Å². The maximum Gasteiger partial charge on any atom is 0.0984 e. The van der Waals surface area contributed by atoms with Crippen LogP contribution in [0.15, 0.2) is 48.5 Å². The number of ether oxygens (including phenoxy) is 4. The fourth-order valence-corrected chi connectivity index (χ4v) is 4.13. The fraction of sp³-hybridized carbons (Fsp3) is 0.520. The second-order valence-electron chi connectivity index (χ2n) is 9.14. The quantitative estimate of drug-likeness (QED) is 0.490. The van der Waals surface area contributed by atoms with Crippen molar-refractivity contribution < 1.29 is 18.9 Å². The third kappa shape index (κ3) is 5.57. The van der Waals surface area contributed by atoms with E-state index in [0.29, 0.717) is 24.4 Å². The first-order valence-corrected chi connectivity index (χ1v) is 11.4. The van der Waals surface area contributed by atoms with Crippen molar-refractivity contribution >= 4 is 11.4 Å². The molecular formula is C25H30N2O4. The lowest BCUT2D eigenvalue weighted by Crippen LogP contribution is -2.31. The van der Waals surface area contributed by atoms with Crippen LogP contribution in [0.2, 0.25) is 0 Å². The van der Waals surface area contributed by atoms with Gasteiger partial charge >= 0.3 is 0 Å². The molecule has 0 aromatic heterocycles. The van der Waals surface area contributed by atoms with Crippen LogP contribution >= 0.6 is 0 Å². The lowest BCUT2D eigenvalue weighted by molar-refractivity contribution is 0.388. The predicted molar refractivity (Wildman–Crippen MR) is 119 cm³/mol. The first kappa shape index (κ1) is 19.6. The number of nitrogens with zero attached hydrogens (tertiary/aromatic N) is 2. The van der Waals surface area contributed by atoms with Gasteiger partial charge in [-0.05, 0) is 41.8 Å². The van der Waals surface area contributed by atoms with Crippen LogP contribution in [0.5, 0.6) is 0 Å². The maximum absolute atomic E-state index is 5.44. The van der Waals surface area contributed by atoms with Crippen LogP contribution in [0.4, 0.5) is 11.4 Å². The molecule has 0 N–H and O–H groups in total. The van der Waals surface area contributed by atoms with Crippen molar-refractivity contribution in [2.45, 2.75) is 30.8 Å². The first-order chi connectivity index (χ1) is 15.3. The number of hydrogen-bond acceptors (Lipinski definition) is 6. The van der Waals surface area contributed by atoms with Gasteiger partial charge in [0.1, 0.15) is 0 Å². The van der Waals surface area contributed by atoms with E-state index in [1.165, 1.54) is 22.5 Å². The van der Waals surface area contributed by atoms with Crippen molar-refractivity contribution in [2.24, 2.45) is 0 Å². The number of anilines is 2. The molecule has 6 heteroatoms. The van der Waals surface area contributed by atoms with E-state index in [2.05, 4.69) is 58.3 Å². The van der Waals surface area contributed by atoms with Gasteiger partial charge < -0.3 is 28.7 Å². The summed E-state index contributed by atoms with van der Waals surface area (Å²) in [6, 6.07) is 17.9. The van der Waals surface area contributed by atoms with Crippen LogP contribution in [0.25, 0.3) is 0 Å². The average molecular weight is 423 g/mol. The van der Waals surface area contributed by atoms with Crippen molar-refractivity contribution in [3.8, 4) is 0 Å². The van der Waals surface area contributed by atoms with E-state index in [1.54, 1.807) is 0 Å². The number of hydrogen-bond donors (Lipinski definition) is 0. The Hall–Kier alpha value is -2.12. The summed E-state index contributed by atoms with van der Waals surface area (Å²) in [5, 5.41) is 0. The van der Waals surface area contributed by atoms with Gasteiger partial charge in [-0.1, -0.05) is 24.3 Å². The molecule has 4 fully saturated rings. The van der Waals surface area contributed by atoms with E-state index in [9.17, 15) is 0 Å². The fourth-order valence-electron chi connectivity index (χ4n) is 4.13. The Morgan fingerprint density at radius 2 is 0.806 bits per heavy atom. The molecule has 2 aromatic carbocycles. The highest BCUT2D eigenvalue weighted by atomic mass is 16.6. The minimum Gasteiger partial charge on any atom is -0.371 e. The highest BCUT2D eigenvalue weighted by Gasteiger charge is 2.32. The van der Waals surface area contributed by atoms with E-state index < -0.39 is 0 Å².